The molecule has 0 aromatic heterocycles. The molecule has 1 amide bonds. The maximum Gasteiger partial charge on any atom is 0.250 e. The average molecular weight is 281 g/mol. The molecule has 1 aromatic rings. The monoisotopic (exact) mass is 280 g/mol. The van der Waals surface area contributed by atoms with Crippen LogP contribution in [0, 0.1) is 5.82 Å². The van der Waals surface area contributed by atoms with Crippen molar-refractivity contribution in [1.82, 2.24) is 0 Å². The molecule has 0 aliphatic heterocycles. The zero-order chi connectivity index (χ0) is 12.8. The molecule has 4 nitrogen and oxygen atoms in total. The van der Waals surface area contributed by atoms with Gasteiger partial charge in [-0.3, -0.25) is 4.79 Å². The van der Waals surface area contributed by atoms with Gasteiger partial charge in [-0.15, -0.1) is 0 Å². The Morgan fingerprint density at radius 2 is 2.00 bits per heavy atom. The number of hydrogen-bond acceptors (Lipinski definition) is 3. The van der Waals surface area contributed by atoms with E-state index in [0.29, 0.717) is 6.54 Å². The molecule has 0 bridgehead atoms. The lowest BCUT2D eigenvalue weighted by molar-refractivity contribution is -0.120. The van der Waals surface area contributed by atoms with Crippen LogP contribution in [0.15, 0.2) is 12.1 Å². The normalized spacial score (nSPS) is 10.4. The summed E-state index contributed by atoms with van der Waals surface area (Å²) in [5.74, 6) is -1.01. The van der Waals surface area contributed by atoms with Crippen LogP contribution in [-0.2, 0) is 9.53 Å². The van der Waals surface area contributed by atoms with Gasteiger partial charge in [0.15, 0.2) is 0 Å². The van der Waals surface area contributed by atoms with E-state index < -0.39 is 11.7 Å². The van der Waals surface area contributed by atoms with Crippen LogP contribution in [0.1, 0.15) is 0 Å². The number of halogens is 3. The molecule has 0 heterocycles. The SMILES string of the molecule is NCCOCC(=O)Nc1c(Cl)cc(F)cc1Cl. The van der Waals surface area contributed by atoms with Gasteiger partial charge in [0.05, 0.1) is 22.3 Å². The lowest BCUT2D eigenvalue weighted by Gasteiger charge is -2.09. The third-order valence-corrected chi connectivity index (χ3v) is 2.36. The van der Waals surface area contributed by atoms with E-state index in [9.17, 15) is 9.18 Å². The van der Waals surface area contributed by atoms with Crippen LogP contribution in [0.5, 0.6) is 0 Å². The second kappa shape index (κ2) is 6.76. The topological polar surface area (TPSA) is 64.3 Å². The molecule has 94 valence electrons. The third-order valence-electron chi connectivity index (χ3n) is 1.77. The van der Waals surface area contributed by atoms with Crippen LogP contribution in [0.25, 0.3) is 0 Å². The average Bonchev–Trinajstić information content (AvgIpc) is 2.24. The summed E-state index contributed by atoms with van der Waals surface area (Å²) in [7, 11) is 0. The van der Waals surface area contributed by atoms with Gasteiger partial charge in [-0.1, -0.05) is 23.2 Å². The van der Waals surface area contributed by atoms with Crippen molar-refractivity contribution >= 4 is 34.8 Å². The van der Waals surface area contributed by atoms with Crippen LogP contribution in [0.4, 0.5) is 10.1 Å². The Balaban J connectivity index is 2.65. The summed E-state index contributed by atoms with van der Waals surface area (Å²) in [5, 5.41) is 2.49. The summed E-state index contributed by atoms with van der Waals surface area (Å²) >= 11 is 11.5. The highest BCUT2D eigenvalue weighted by molar-refractivity contribution is 6.39. The molecule has 0 radical (unpaired) electrons. The summed E-state index contributed by atoms with van der Waals surface area (Å²) in [5.41, 5.74) is 5.35. The molecule has 17 heavy (non-hydrogen) atoms. The van der Waals surface area contributed by atoms with E-state index in [1.807, 2.05) is 0 Å². The molecule has 0 saturated heterocycles. The van der Waals surface area contributed by atoms with E-state index in [1.165, 1.54) is 0 Å². The number of carbonyl (C=O) groups is 1. The second-order valence-corrected chi connectivity index (χ2v) is 3.95. The summed E-state index contributed by atoms with van der Waals surface area (Å²) in [4.78, 5) is 11.4. The predicted octanol–water partition coefficient (Wildman–Crippen LogP) is 2.05. The Hall–Kier alpha value is -0.880. The van der Waals surface area contributed by atoms with Gasteiger partial charge >= 0.3 is 0 Å². The van der Waals surface area contributed by atoms with Gasteiger partial charge in [-0.05, 0) is 12.1 Å². The number of rotatable bonds is 5. The Labute approximate surface area is 108 Å². The van der Waals surface area contributed by atoms with Crippen molar-refractivity contribution in [3.05, 3.63) is 28.0 Å². The molecule has 0 unspecified atom stereocenters. The maximum absolute atomic E-state index is 12.9. The molecule has 0 atom stereocenters. The molecular formula is C10H11Cl2FN2O2. The fraction of sp³-hybridized carbons (Fsp3) is 0.300. The molecule has 0 spiro atoms. The van der Waals surface area contributed by atoms with Gasteiger partial charge in [-0.2, -0.15) is 0 Å². The summed E-state index contributed by atoms with van der Waals surface area (Å²) in [6, 6.07) is 2.12. The van der Waals surface area contributed by atoms with Crippen LogP contribution >= 0.6 is 23.2 Å². The first-order valence-electron chi connectivity index (χ1n) is 4.76. The number of carbonyl (C=O) groups excluding carboxylic acids is 1. The number of ether oxygens (including phenoxy) is 1. The van der Waals surface area contributed by atoms with Gasteiger partial charge in [0.25, 0.3) is 0 Å². The Bertz CT molecular complexity index is 392. The van der Waals surface area contributed by atoms with Gasteiger partial charge in [0.1, 0.15) is 12.4 Å². The molecular weight excluding hydrogens is 270 g/mol. The highest BCUT2D eigenvalue weighted by Gasteiger charge is 2.11. The molecule has 1 aromatic carbocycles. The lowest BCUT2D eigenvalue weighted by atomic mass is 10.3. The molecule has 0 aliphatic rings. The van der Waals surface area contributed by atoms with Crippen molar-refractivity contribution in [3.63, 3.8) is 0 Å². The van der Waals surface area contributed by atoms with Crippen LogP contribution in [-0.4, -0.2) is 25.7 Å². The van der Waals surface area contributed by atoms with Crippen LogP contribution in [0.3, 0.4) is 0 Å². The fourth-order valence-electron chi connectivity index (χ4n) is 1.09. The van der Waals surface area contributed by atoms with Crippen LogP contribution in [0.2, 0.25) is 10.0 Å². The van der Waals surface area contributed by atoms with E-state index in [2.05, 4.69) is 5.32 Å². The second-order valence-electron chi connectivity index (χ2n) is 3.13. The van der Waals surface area contributed by atoms with E-state index >= 15 is 0 Å². The third kappa shape index (κ3) is 4.47. The van der Waals surface area contributed by atoms with Crippen LogP contribution < -0.4 is 11.1 Å². The molecule has 0 saturated carbocycles. The zero-order valence-electron chi connectivity index (χ0n) is 8.80. The quantitative estimate of drug-likeness (QED) is 0.812. The van der Waals surface area contributed by atoms with E-state index in [1.54, 1.807) is 0 Å². The van der Waals surface area contributed by atoms with Crippen molar-refractivity contribution in [1.29, 1.82) is 0 Å². The summed E-state index contributed by atoms with van der Waals surface area (Å²) in [6.45, 7) is 0.435. The fourth-order valence-corrected chi connectivity index (χ4v) is 1.64. The number of anilines is 1. The van der Waals surface area contributed by atoms with E-state index in [4.69, 9.17) is 33.7 Å². The minimum atomic E-state index is -0.572. The van der Waals surface area contributed by atoms with Gasteiger partial charge < -0.3 is 15.8 Å². The Morgan fingerprint density at radius 3 is 2.53 bits per heavy atom. The number of amides is 1. The molecule has 1 rings (SSSR count). The molecule has 7 heteroatoms. The summed E-state index contributed by atoms with van der Waals surface area (Å²) in [6.07, 6.45) is 0. The lowest BCUT2D eigenvalue weighted by Crippen LogP contribution is -2.21. The Kier molecular flexibility index (Phi) is 5.64. The number of hydrogen-bond donors (Lipinski definition) is 2. The highest BCUT2D eigenvalue weighted by atomic mass is 35.5. The van der Waals surface area contributed by atoms with E-state index in [-0.39, 0.29) is 28.9 Å². The Morgan fingerprint density at radius 1 is 1.41 bits per heavy atom. The van der Waals surface area contributed by atoms with Crippen molar-refractivity contribution in [3.8, 4) is 0 Å². The first-order chi connectivity index (χ1) is 8.04. The number of nitrogens with one attached hydrogen (secondary N) is 1. The number of benzene rings is 1. The first-order valence-corrected chi connectivity index (χ1v) is 5.52. The zero-order valence-corrected chi connectivity index (χ0v) is 10.3. The van der Waals surface area contributed by atoms with Crippen molar-refractivity contribution < 1.29 is 13.9 Å². The van der Waals surface area contributed by atoms with Crippen molar-refractivity contribution in [2.45, 2.75) is 0 Å². The molecule has 0 fully saturated rings. The maximum atomic E-state index is 12.9. The minimum absolute atomic E-state index is 0.0298. The largest absolute Gasteiger partial charge is 0.370 e. The number of nitrogens with two attached hydrogens (primary N) is 1. The minimum Gasteiger partial charge on any atom is -0.370 e. The van der Waals surface area contributed by atoms with Gasteiger partial charge in [0.2, 0.25) is 5.91 Å². The standard InChI is InChI=1S/C10H11Cl2FN2O2/c11-7-3-6(13)4-8(12)10(7)15-9(16)5-17-2-1-14/h3-4H,1-2,5,14H2,(H,15,16). The smallest absolute Gasteiger partial charge is 0.250 e. The van der Waals surface area contributed by atoms with Gasteiger partial charge in [0, 0.05) is 6.54 Å². The highest BCUT2D eigenvalue weighted by Crippen LogP contribution is 2.31. The summed E-state index contributed by atoms with van der Waals surface area (Å²) < 4.78 is 17.8. The first kappa shape index (κ1) is 14.2. The van der Waals surface area contributed by atoms with Crippen molar-refractivity contribution in [2.24, 2.45) is 5.73 Å². The molecule has 0 aliphatic carbocycles. The van der Waals surface area contributed by atoms with Crippen molar-refractivity contribution in [2.75, 3.05) is 25.1 Å². The van der Waals surface area contributed by atoms with E-state index in [0.717, 1.165) is 12.1 Å². The molecule has 3 N–H and O–H groups in total. The van der Waals surface area contributed by atoms with Gasteiger partial charge in [-0.25, -0.2) is 4.39 Å². The predicted molar refractivity (Wildman–Crippen MR) is 64.9 cm³/mol.